The Balaban J connectivity index is 1.33. The Morgan fingerprint density at radius 2 is 1.74 bits per heavy atom. The summed E-state index contributed by atoms with van der Waals surface area (Å²) < 4.78 is 23.6. The Hall–Kier alpha value is -1.92. The maximum Gasteiger partial charge on any atom is 0.226 e. The van der Waals surface area contributed by atoms with Gasteiger partial charge < -0.3 is 20.5 Å². The lowest BCUT2D eigenvalue weighted by Gasteiger charge is -2.53. The molecule has 3 N–H and O–H groups in total. The number of halogens is 1. The molecule has 0 radical (unpaired) electrons. The van der Waals surface area contributed by atoms with E-state index in [0.29, 0.717) is 11.9 Å². The van der Waals surface area contributed by atoms with E-state index >= 15 is 0 Å². The van der Waals surface area contributed by atoms with Crippen LogP contribution >= 0.6 is 0 Å². The minimum atomic E-state index is -0.189. The number of carbonyl (C=O) groups excluding carboxylic acids is 1. The average molecular weight is 431 g/mol. The van der Waals surface area contributed by atoms with E-state index in [9.17, 15) is 9.18 Å². The normalized spacial score (nSPS) is 28.9. The highest BCUT2D eigenvalue weighted by molar-refractivity contribution is 5.83. The predicted molar refractivity (Wildman–Crippen MR) is 119 cm³/mol. The smallest absolute Gasteiger partial charge is 0.226 e. The second kappa shape index (κ2) is 8.91. The van der Waals surface area contributed by atoms with Crippen LogP contribution in [0.15, 0.2) is 36.2 Å². The van der Waals surface area contributed by atoms with E-state index in [-0.39, 0.29) is 35.3 Å². The summed E-state index contributed by atoms with van der Waals surface area (Å²) in [5.41, 5.74) is 7.39. The zero-order valence-corrected chi connectivity index (χ0v) is 18.6. The molecule has 170 valence electrons. The lowest BCUT2D eigenvalue weighted by molar-refractivity contribution is -0.138. The number of hydrogen-bond acceptors (Lipinski definition) is 4. The lowest BCUT2D eigenvalue weighted by atomic mass is 9.51. The molecule has 31 heavy (non-hydrogen) atoms. The van der Waals surface area contributed by atoms with Crippen LogP contribution in [0.4, 0.5) is 4.39 Å². The Kier molecular flexibility index (Phi) is 6.40. The van der Waals surface area contributed by atoms with Crippen molar-refractivity contribution in [3.8, 4) is 5.75 Å². The first-order valence-corrected chi connectivity index (χ1v) is 11.5. The van der Waals surface area contributed by atoms with Gasteiger partial charge in [0, 0.05) is 36.6 Å². The average Bonchev–Trinajstić information content (AvgIpc) is 3.59. The molecule has 5 rings (SSSR count). The van der Waals surface area contributed by atoms with Crippen LogP contribution in [0.25, 0.3) is 0 Å². The molecule has 4 saturated carbocycles. The molecule has 1 amide bonds. The third kappa shape index (κ3) is 4.51. The van der Waals surface area contributed by atoms with Gasteiger partial charge in [-0.1, -0.05) is 12.1 Å². The summed E-state index contributed by atoms with van der Waals surface area (Å²) in [6.07, 6.45) is 8.81. The van der Waals surface area contributed by atoms with Crippen LogP contribution in [0.5, 0.6) is 5.75 Å². The summed E-state index contributed by atoms with van der Waals surface area (Å²) >= 11 is 0. The molecule has 0 atom stereocenters. The van der Waals surface area contributed by atoms with Crippen molar-refractivity contribution in [2.45, 2.75) is 56.8 Å². The zero-order chi connectivity index (χ0) is 22.0. The van der Waals surface area contributed by atoms with E-state index in [0.717, 1.165) is 70.3 Å². The summed E-state index contributed by atoms with van der Waals surface area (Å²) in [7, 11) is 1.74. The molecule has 4 aliphatic rings. The molecular formula is C25H35FN2O3. The summed E-state index contributed by atoms with van der Waals surface area (Å²) in [4.78, 5) is 13.1. The van der Waals surface area contributed by atoms with Crippen molar-refractivity contribution in [2.75, 3.05) is 33.4 Å². The van der Waals surface area contributed by atoms with E-state index < -0.39 is 0 Å². The summed E-state index contributed by atoms with van der Waals surface area (Å²) in [6.45, 7) is 1.80. The number of nitrogens with one attached hydrogen (secondary N) is 1. The van der Waals surface area contributed by atoms with Crippen LogP contribution < -0.4 is 15.8 Å². The third-order valence-electron chi connectivity index (χ3n) is 8.07. The summed E-state index contributed by atoms with van der Waals surface area (Å²) in [6, 6.07) is 8.20. The molecule has 5 nitrogen and oxygen atoms in total. The van der Waals surface area contributed by atoms with Gasteiger partial charge in [0.25, 0.3) is 0 Å². The summed E-state index contributed by atoms with van der Waals surface area (Å²) in [5.74, 6) is 0.974. The number of benzene rings is 1. The van der Waals surface area contributed by atoms with Gasteiger partial charge >= 0.3 is 0 Å². The first-order valence-electron chi connectivity index (χ1n) is 11.5. The van der Waals surface area contributed by atoms with Crippen LogP contribution in [0.3, 0.4) is 0 Å². The van der Waals surface area contributed by atoms with E-state index in [1.165, 1.54) is 5.56 Å². The van der Waals surface area contributed by atoms with E-state index in [1.54, 1.807) is 7.11 Å². The monoisotopic (exact) mass is 430 g/mol. The third-order valence-corrected chi connectivity index (χ3v) is 8.07. The van der Waals surface area contributed by atoms with Crippen LogP contribution in [0.1, 0.15) is 56.9 Å². The van der Waals surface area contributed by atoms with Gasteiger partial charge in [-0.3, -0.25) is 4.79 Å². The van der Waals surface area contributed by atoms with Gasteiger partial charge in [-0.25, -0.2) is 4.39 Å². The van der Waals surface area contributed by atoms with E-state index in [4.69, 9.17) is 15.2 Å². The number of methoxy groups -OCH3 is 1. The minimum Gasteiger partial charge on any atom is -0.489 e. The molecular weight excluding hydrogens is 395 g/mol. The van der Waals surface area contributed by atoms with Crippen molar-refractivity contribution in [2.24, 2.45) is 16.6 Å². The van der Waals surface area contributed by atoms with Gasteiger partial charge in [0.05, 0.1) is 12.9 Å². The van der Waals surface area contributed by atoms with Crippen molar-refractivity contribution in [3.63, 3.8) is 0 Å². The maximum absolute atomic E-state index is 13.1. The number of nitrogens with two attached hydrogens (primary N) is 1. The highest BCUT2D eigenvalue weighted by Gasteiger charge is 2.53. The topological polar surface area (TPSA) is 73.6 Å². The highest BCUT2D eigenvalue weighted by atomic mass is 19.1. The number of rotatable bonds is 10. The second-order valence-corrected chi connectivity index (χ2v) is 9.96. The first-order chi connectivity index (χ1) is 15.0. The van der Waals surface area contributed by atoms with E-state index in [1.807, 2.05) is 12.1 Å². The van der Waals surface area contributed by atoms with Crippen molar-refractivity contribution in [3.05, 3.63) is 41.7 Å². The van der Waals surface area contributed by atoms with Crippen molar-refractivity contribution in [1.82, 2.24) is 5.32 Å². The molecule has 0 saturated heterocycles. The molecule has 0 unspecified atom stereocenters. The number of amides is 1. The standard InChI is InChI=1S/C25H35FN2O3/c1-30-18-23(6-7-23)17-28-22(29)25-11-8-24(9-12-25,10-13-25)20-2-4-21(5-3-20)31-16-19(14-26)15-27/h2-5,14H,6-13,15-18,27H2,1H3,(H,28,29)/b19-14+. The van der Waals surface area contributed by atoms with E-state index in [2.05, 4.69) is 17.4 Å². The Labute approximate surface area is 184 Å². The first kappa shape index (κ1) is 22.3. The zero-order valence-electron chi connectivity index (χ0n) is 18.6. The van der Waals surface area contributed by atoms with Gasteiger partial charge in [-0.2, -0.15) is 0 Å². The number of fused-ring (bicyclic) bond motifs is 3. The van der Waals surface area contributed by atoms with Crippen LogP contribution in [0.2, 0.25) is 0 Å². The van der Waals surface area contributed by atoms with Crippen molar-refractivity contribution in [1.29, 1.82) is 0 Å². The molecule has 6 heteroatoms. The highest BCUT2D eigenvalue weighted by Crippen LogP contribution is 2.58. The van der Waals surface area contributed by atoms with Crippen molar-refractivity contribution < 1.29 is 18.7 Å². The number of carbonyl (C=O) groups is 1. The van der Waals surface area contributed by atoms with Crippen molar-refractivity contribution >= 4 is 5.91 Å². The Morgan fingerprint density at radius 1 is 1.10 bits per heavy atom. The van der Waals surface area contributed by atoms with Crippen LogP contribution in [-0.4, -0.2) is 39.3 Å². The van der Waals surface area contributed by atoms with Gasteiger partial charge in [0.2, 0.25) is 5.91 Å². The molecule has 0 spiro atoms. The second-order valence-electron chi connectivity index (χ2n) is 9.96. The SMILES string of the molecule is COCC1(CNC(=O)C23CCC(c4ccc(OC/C(=C/F)CN)cc4)(CC2)CC3)CC1. The molecule has 2 bridgehead atoms. The number of hydrogen-bond donors (Lipinski definition) is 2. The predicted octanol–water partition coefficient (Wildman–Crippen LogP) is 4.01. The molecule has 0 aliphatic heterocycles. The number of ether oxygens (including phenoxy) is 2. The van der Waals surface area contributed by atoms with Gasteiger partial charge in [-0.15, -0.1) is 0 Å². The largest absolute Gasteiger partial charge is 0.489 e. The maximum atomic E-state index is 13.1. The molecule has 0 heterocycles. The molecule has 4 fully saturated rings. The molecule has 4 aliphatic carbocycles. The summed E-state index contributed by atoms with van der Waals surface area (Å²) in [5, 5.41) is 3.27. The lowest BCUT2D eigenvalue weighted by Crippen LogP contribution is -2.52. The van der Waals surface area contributed by atoms with Gasteiger partial charge in [-0.05, 0) is 74.5 Å². The fourth-order valence-electron chi connectivity index (χ4n) is 5.49. The van der Waals surface area contributed by atoms with Gasteiger partial charge in [0.1, 0.15) is 12.4 Å². The molecule has 1 aromatic rings. The minimum absolute atomic E-state index is 0.153. The molecule has 1 aromatic carbocycles. The Morgan fingerprint density at radius 3 is 2.26 bits per heavy atom. The quantitative estimate of drug-likeness (QED) is 0.588. The Bertz CT molecular complexity index is 792. The van der Waals surface area contributed by atoms with Crippen LogP contribution in [0, 0.1) is 10.8 Å². The van der Waals surface area contributed by atoms with Crippen LogP contribution in [-0.2, 0) is 14.9 Å². The fourth-order valence-corrected chi connectivity index (χ4v) is 5.49. The van der Waals surface area contributed by atoms with Gasteiger partial charge in [0.15, 0.2) is 0 Å². The fraction of sp³-hybridized carbons (Fsp3) is 0.640. The molecule has 0 aromatic heterocycles.